The number of hydrogen-bond acceptors (Lipinski definition) is 3. The summed E-state index contributed by atoms with van der Waals surface area (Å²) >= 11 is 0. The summed E-state index contributed by atoms with van der Waals surface area (Å²) in [5.74, 6) is -0.182. The molecule has 1 aliphatic heterocycles. The standard InChI is InChI=1S/C15H24FN3/c1-15(2,19-10-8-17-9-11-19)12-18(3)14-6-4-13(16)5-7-14/h4-7,17H,8-12H2,1-3H3. The monoisotopic (exact) mass is 265 g/mol. The summed E-state index contributed by atoms with van der Waals surface area (Å²) in [6.45, 7) is 9.78. The lowest BCUT2D eigenvalue weighted by atomic mass is 10.0. The Morgan fingerprint density at radius 2 is 1.79 bits per heavy atom. The first-order chi connectivity index (χ1) is 8.99. The van der Waals surface area contributed by atoms with Crippen molar-refractivity contribution in [3.8, 4) is 0 Å². The molecule has 0 aromatic heterocycles. The molecule has 1 fully saturated rings. The van der Waals surface area contributed by atoms with Crippen LogP contribution in [0, 0.1) is 5.82 Å². The summed E-state index contributed by atoms with van der Waals surface area (Å²) in [5.41, 5.74) is 1.18. The second-order valence-electron chi connectivity index (χ2n) is 5.88. The summed E-state index contributed by atoms with van der Waals surface area (Å²) < 4.78 is 12.9. The van der Waals surface area contributed by atoms with Crippen molar-refractivity contribution < 1.29 is 4.39 Å². The number of piperazine rings is 1. The fourth-order valence-electron chi connectivity index (χ4n) is 2.74. The highest BCUT2D eigenvalue weighted by Gasteiger charge is 2.29. The molecule has 3 nitrogen and oxygen atoms in total. The molecular formula is C15H24FN3. The SMILES string of the molecule is CN(CC(C)(C)N1CCNCC1)c1ccc(F)cc1. The molecule has 1 aliphatic rings. The zero-order chi connectivity index (χ0) is 13.9. The molecule has 0 bridgehead atoms. The maximum atomic E-state index is 12.9. The first-order valence-corrected chi connectivity index (χ1v) is 6.91. The van der Waals surface area contributed by atoms with E-state index in [4.69, 9.17) is 0 Å². The van der Waals surface area contributed by atoms with E-state index in [0.717, 1.165) is 38.4 Å². The van der Waals surface area contributed by atoms with Gasteiger partial charge in [0.2, 0.25) is 0 Å². The second-order valence-corrected chi connectivity index (χ2v) is 5.88. The number of anilines is 1. The molecule has 1 aromatic rings. The van der Waals surface area contributed by atoms with Crippen LogP contribution in [0.25, 0.3) is 0 Å². The number of likely N-dealkylation sites (N-methyl/N-ethyl adjacent to an activating group) is 1. The Morgan fingerprint density at radius 3 is 2.37 bits per heavy atom. The number of halogens is 1. The molecular weight excluding hydrogens is 241 g/mol. The third kappa shape index (κ3) is 3.67. The van der Waals surface area contributed by atoms with Crippen molar-refractivity contribution in [3.63, 3.8) is 0 Å². The van der Waals surface area contributed by atoms with Crippen LogP contribution in [-0.2, 0) is 0 Å². The van der Waals surface area contributed by atoms with E-state index in [1.807, 2.05) is 12.1 Å². The van der Waals surface area contributed by atoms with Crippen molar-refractivity contribution in [2.75, 3.05) is 44.7 Å². The Hall–Kier alpha value is -1.13. The van der Waals surface area contributed by atoms with Crippen molar-refractivity contribution in [3.05, 3.63) is 30.1 Å². The first-order valence-electron chi connectivity index (χ1n) is 6.91. The van der Waals surface area contributed by atoms with Gasteiger partial charge in [0.1, 0.15) is 5.82 Å². The van der Waals surface area contributed by atoms with Crippen molar-refractivity contribution in [1.82, 2.24) is 10.2 Å². The average molecular weight is 265 g/mol. The summed E-state index contributed by atoms with van der Waals surface area (Å²) in [6, 6.07) is 6.71. The molecule has 1 heterocycles. The van der Waals surface area contributed by atoms with Gasteiger partial charge in [-0.2, -0.15) is 0 Å². The third-order valence-corrected chi connectivity index (χ3v) is 3.86. The molecule has 106 valence electrons. The van der Waals surface area contributed by atoms with Crippen LogP contribution in [0.1, 0.15) is 13.8 Å². The lowest BCUT2D eigenvalue weighted by Gasteiger charge is -2.43. The fourth-order valence-corrected chi connectivity index (χ4v) is 2.74. The lowest BCUT2D eigenvalue weighted by molar-refractivity contribution is 0.109. The number of hydrogen-bond donors (Lipinski definition) is 1. The van der Waals surface area contributed by atoms with Crippen LogP contribution >= 0.6 is 0 Å². The van der Waals surface area contributed by atoms with Crippen molar-refractivity contribution in [1.29, 1.82) is 0 Å². The van der Waals surface area contributed by atoms with Gasteiger partial charge in [0, 0.05) is 51.0 Å². The maximum Gasteiger partial charge on any atom is 0.123 e. The molecule has 19 heavy (non-hydrogen) atoms. The van der Waals surface area contributed by atoms with Crippen molar-refractivity contribution in [2.24, 2.45) is 0 Å². The molecule has 0 aliphatic carbocycles. The van der Waals surface area contributed by atoms with E-state index in [2.05, 4.69) is 36.0 Å². The van der Waals surface area contributed by atoms with Crippen molar-refractivity contribution in [2.45, 2.75) is 19.4 Å². The minimum atomic E-state index is -0.182. The smallest absolute Gasteiger partial charge is 0.123 e. The Kier molecular flexibility index (Phi) is 4.42. The van der Waals surface area contributed by atoms with Crippen LogP contribution in [0.2, 0.25) is 0 Å². The molecule has 2 rings (SSSR count). The van der Waals surface area contributed by atoms with Crippen LogP contribution < -0.4 is 10.2 Å². The predicted octanol–water partition coefficient (Wildman–Crippen LogP) is 1.95. The molecule has 1 aromatic carbocycles. The zero-order valence-electron chi connectivity index (χ0n) is 12.1. The number of nitrogens with zero attached hydrogens (tertiary/aromatic N) is 2. The quantitative estimate of drug-likeness (QED) is 0.897. The maximum absolute atomic E-state index is 12.9. The second kappa shape index (κ2) is 5.88. The molecule has 1 N–H and O–H groups in total. The van der Waals surface area contributed by atoms with Crippen molar-refractivity contribution >= 4 is 5.69 Å². The number of rotatable bonds is 4. The van der Waals surface area contributed by atoms with Gasteiger partial charge in [-0.15, -0.1) is 0 Å². The third-order valence-electron chi connectivity index (χ3n) is 3.86. The first kappa shape index (κ1) is 14.3. The van der Waals surface area contributed by atoms with Gasteiger partial charge in [0.25, 0.3) is 0 Å². The summed E-state index contributed by atoms with van der Waals surface area (Å²) in [7, 11) is 2.07. The highest BCUT2D eigenvalue weighted by Crippen LogP contribution is 2.20. The predicted molar refractivity (Wildman–Crippen MR) is 78.2 cm³/mol. The fraction of sp³-hybridized carbons (Fsp3) is 0.600. The van der Waals surface area contributed by atoms with Crippen LogP contribution in [0.3, 0.4) is 0 Å². The van der Waals surface area contributed by atoms with Gasteiger partial charge in [-0.25, -0.2) is 4.39 Å². The normalized spacial score (nSPS) is 17.5. The summed E-state index contributed by atoms with van der Waals surface area (Å²) in [6.07, 6.45) is 0. The summed E-state index contributed by atoms with van der Waals surface area (Å²) in [4.78, 5) is 4.71. The van der Waals surface area contributed by atoms with Crippen LogP contribution in [-0.4, -0.2) is 50.2 Å². The molecule has 0 unspecified atom stereocenters. The van der Waals surface area contributed by atoms with Crippen LogP contribution in [0.4, 0.5) is 10.1 Å². The van der Waals surface area contributed by atoms with E-state index in [0.29, 0.717) is 0 Å². The minimum absolute atomic E-state index is 0.116. The van der Waals surface area contributed by atoms with Gasteiger partial charge in [0.05, 0.1) is 0 Å². The van der Waals surface area contributed by atoms with Gasteiger partial charge < -0.3 is 10.2 Å². The van der Waals surface area contributed by atoms with Gasteiger partial charge >= 0.3 is 0 Å². The van der Waals surface area contributed by atoms with Crippen LogP contribution in [0.5, 0.6) is 0 Å². The highest BCUT2D eigenvalue weighted by molar-refractivity contribution is 5.45. The molecule has 1 saturated heterocycles. The molecule has 0 spiro atoms. The molecule has 0 atom stereocenters. The van der Waals surface area contributed by atoms with Gasteiger partial charge in [-0.05, 0) is 38.1 Å². The Morgan fingerprint density at radius 1 is 1.21 bits per heavy atom. The number of benzene rings is 1. The summed E-state index contributed by atoms with van der Waals surface area (Å²) in [5, 5.41) is 3.38. The Balaban J connectivity index is 2.00. The van der Waals surface area contributed by atoms with Gasteiger partial charge in [0.15, 0.2) is 0 Å². The topological polar surface area (TPSA) is 18.5 Å². The largest absolute Gasteiger partial charge is 0.373 e. The number of nitrogens with one attached hydrogen (secondary N) is 1. The molecule has 0 saturated carbocycles. The minimum Gasteiger partial charge on any atom is -0.373 e. The van der Waals surface area contributed by atoms with Gasteiger partial charge in [-0.3, -0.25) is 4.90 Å². The van der Waals surface area contributed by atoms with E-state index >= 15 is 0 Å². The average Bonchev–Trinajstić information content (AvgIpc) is 2.40. The Labute approximate surface area is 115 Å². The van der Waals surface area contributed by atoms with E-state index in [1.54, 1.807) is 0 Å². The highest BCUT2D eigenvalue weighted by atomic mass is 19.1. The van der Waals surface area contributed by atoms with E-state index in [-0.39, 0.29) is 11.4 Å². The molecule has 0 radical (unpaired) electrons. The van der Waals surface area contributed by atoms with Gasteiger partial charge in [-0.1, -0.05) is 0 Å². The molecule has 4 heteroatoms. The zero-order valence-corrected chi connectivity index (χ0v) is 12.1. The van der Waals surface area contributed by atoms with E-state index < -0.39 is 0 Å². The molecule has 0 amide bonds. The van der Waals surface area contributed by atoms with Crippen LogP contribution in [0.15, 0.2) is 24.3 Å². The van der Waals surface area contributed by atoms with E-state index in [1.165, 1.54) is 12.1 Å². The van der Waals surface area contributed by atoms with E-state index in [9.17, 15) is 4.39 Å². The lowest BCUT2D eigenvalue weighted by Crippen LogP contribution is -2.57. The Bertz CT molecular complexity index is 396.